The van der Waals surface area contributed by atoms with Crippen LogP contribution in [-0.4, -0.2) is 29.1 Å². The van der Waals surface area contributed by atoms with Gasteiger partial charge >= 0.3 is 5.97 Å². The molecule has 0 radical (unpaired) electrons. The van der Waals surface area contributed by atoms with E-state index >= 15 is 0 Å². The molecule has 0 aromatic heterocycles. The van der Waals surface area contributed by atoms with E-state index in [9.17, 15) is 9.18 Å². The minimum atomic E-state index is -0.730. The van der Waals surface area contributed by atoms with Crippen molar-refractivity contribution < 1.29 is 14.3 Å². The molecule has 1 aliphatic heterocycles. The number of carboxylic acid groups (broad SMARTS) is 1. The number of hydrogen-bond donors (Lipinski definition) is 1. The summed E-state index contributed by atoms with van der Waals surface area (Å²) in [5.74, 6) is -1.24. The third-order valence-electron chi connectivity index (χ3n) is 4.56. The lowest BCUT2D eigenvalue weighted by molar-refractivity contribution is -0.143. The van der Waals surface area contributed by atoms with Crippen molar-refractivity contribution in [1.29, 1.82) is 0 Å². The molecule has 3 nitrogen and oxygen atoms in total. The summed E-state index contributed by atoms with van der Waals surface area (Å²) in [7, 11) is 0. The molecular weight excluding hydrogens is 293 g/mol. The summed E-state index contributed by atoms with van der Waals surface area (Å²) < 4.78 is 14.4. The maximum Gasteiger partial charge on any atom is 0.306 e. The summed E-state index contributed by atoms with van der Waals surface area (Å²) in [6, 6.07) is 16.5. The monoisotopic (exact) mass is 313 g/mol. The SMILES string of the molecule is O=C(O)C1CCN(C(c2ccccc2)c2ccccc2F)CC1. The smallest absolute Gasteiger partial charge is 0.306 e. The normalized spacial score (nSPS) is 17.8. The Morgan fingerprint density at radius 2 is 1.65 bits per heavy atom. The number of likely N-dealkylation sites (tertiary alicyclic amines) is 1. The molecule has 0 amide bonds. The lowest BCUT2D eigenvalue weighted by Gasteiger charge is -2.37. The van der Waals surface area contributed by atoms with Crippen molar-refractivity contribution >= 4 is 5.97 Å². The van der Waals surface area contributed by atoms with E-state index in [4.69, 9.17) is 5.11 Å². The van der Waals surface area contributed by atoms with Gasteiger partial charge in [0, 0.05) is 5.56 Å². The van der Waals surface area contributed by atoms with Gasteiger partial charge in [-0.2, -0.15) is 0 Å². The van der Waals surface area contributed by atoms with Gasteiger partial charge in [-0.3, -0.25) is 9.69 Å². The summed E-state index contributed by atoms with van der Waals surface area (Å²) in [4.78, 5) is 13.3. The Hall–Kier alpha value is -2.20. The maximum absolute atomic E-state index is 14.4. The van der Waals surface area contributed by atoms with Gasteiger partial charge in [-0.15, -0.1) is 0 Å². The fourth-order valence-electron chi connectivity index (χ4n) is 3.32. The van der Waals surface area contributed by atoms with Crippen LogP contribution in [0.4, 0.5) is 4.39 Å². The van der Waals surface area contributed by atoms with Gasteiger partial charge in [-0.1, -0.05) is 48.5 Å². The van der Waals surface area contributed by atoms with Crippen molar-refractivity contribution in [1.82, 2.24) is 4.90 Å². The molecule has 1 heterocycles. The minimum Gasteiger partial charge on any atom is -0.481 e. The Balaban J connectivity index is 1.91. The molecule has 0 aliphatic carbocycles. The number of hydrogen-bond acceptors (Lipinski definition) is 2. The van der Waals surface area contributed by atoms with Crippen LogP contribution in [0.2, 0.25) is 0 Å². The van der Waals surface area contributed by atoms with E-state index in [2.05, 4.69) is 4.90 Å². The second kappa shape index (κ2) is 6.92. The Labute approximate surface area is 135 Å². The fraction of sp³-hybridized carbons (Fsp3) is 0.316. The summed E-state index contributed by atoms with van der Waals surface area (Å²) in [5, 5.41) is 9.16. The van der Waals surface area contributed by atoms with Crippen molar-refractivity contribution in [3.63, 3.8) is 0 Å². The van der Waals surface area contributed by atoms with E-state index in [0.29, 0.717) is 31.5 Å². The number of halogens is 1. The lowest BCUT2D eigenvalue weighted by atomic mass is 9.91. The zero-order valence-electron chi connectivity index (χ0n) is 12.9. The van der Waals surface area contributed by atoms with Crippen LogP contribution >= 0.6 is 0 Å². The largest absolute Gasteiger partial charge is 0.481 e. The Kier molecular flexibility index (Phi) is 4.72. The topological polar surface area (TPSA) is 40.5 Å². The van der Waals surface area contributed by atoms with Crippen LogP contribution in [0.5, 0.6) is 0 Å². The molecule has 3 rings (SSSR count). The van der Waals surface area contributed by atoms with Crippen molar-refractivity contribution in [2.75, 3.05) is 13.1 Å². The van der Waals surface area contributed by atoms with Crippen LogP contribution in [0.25, 0.3) is 0 Å². The van der Waals surface area contributed by atoms with E-state index in [1.807, 2.05) is 42.5 Å². The van der Waals surface area contributed by atoms with E-state index < -0.39 is 5.97 Å². The number of piperidine rings is 1. The summed E-state index contributed by atoms with van der Waals surface area (Å²) in [5.41, 5.74) is 1.68. The molecular formula is C19H20FNO2. The number of carbonyl (C=O) groups is 1. The second-order valence-corrected chi connectivity index (χ2v) is 5.98. The van der Waals surface area contributed by atoms with Gasteiger partial charge in [-0.05, 0) is 37.6 Å². The molecule has 1 atom stereocenters. The second-order valence-electron chi connectivity index (χ2n) is 5.98. The maximum atomic E-state index is 14.4. The molecule has 4 heteroatoms. The molecule has 1 N–H and O–H groups in total. The number of nitrogens with zero attached hydrogens (tertiary/aromatic N) is 1. The van der Waals surface area contributed by atoms with Gasteiger partial charge in [0.1, 0.15) is 5.82 Å². The molecule has 0 bridgehead atoms. The first-order valence-corrected chi connectivity index (χ1v) is 7.93. The molecule has 23 heavy (non-hydrogen) atoms. The van der Waals surface area contributed by atoms with Crippen molar-refractivity contribution in [2.24, 2.45) is 5.92 Å². The summed E-state index contributed by atoms with van der Waals surface area (Å²) in [6.07, 6.45) is 1.21. The number of aliphatic carboxylic acids is 1. The summed E-state index contributed by atoms with van der Waals surface area (Å²) >= 11 is 0. The third kappa shape index (κ3) is 3.42. The zero-order chi connectivity index (χ0) is 16.2. The van der Waals surface area contributed by atoms with Crippen LogP contribution in [0.3, 0.4) is 0 Å². The first kappa shape index (κ1) is 15.7. The molecule has 1 saturated heterocycles. The molecule has 2 aromatic carbocycles. The molecule has 1 fully saturated rings. The predicted molar refractivity (Wildman–Crippen MR) is 86.6 cm³/mol. The van der Waals surface area contributed by atoms with Crippen LogP contribution in [0.15, 0.2) is 54.6 Å². The Morgan fingerprint density at radius 1 is 1.04 bits per heavy atom. The first-order chi connectivity index (χ1) is 11.2. The van der Waals surface area contributed by atoms with Crippen molar-refractivity contribution in [2.45, 2.75) is 18.9 Å². The summed E-state index contributed by atoms with van der Waals surface area (Å²) in [6.45, 7) is 1.32. The number of rotatable bonds is 4. The van der Waals surface area contributed by atoms with Crippen LogP contribution in [0, 0.1) is 11.7 Å². The zero-order valence-corrected chi connectivity index (χ0v) is 12.9. The van der Waals surface area contributed by atoms with E-state index in [1.165, 1.54) is 6.07 Å². The average molecular weight is 313 g/mol. The van der Waals surface area contributed by atoms with Gasteiger partial charge in [0.25, 0.3) is 0 Å². The minimum absolute atomic E-state index is 0.174. The Bertz CT molecular complexity index is 666. The van der Waals surface area contributed by atoms with Gasteiger partial charge in [0.2, 0.25) is 0 Å². The van der Waals surface area contributed by atoms with Crippen LogP contribution in [0.1, 0.15) is 30.0 Å². The molecule has 0 spiro atoms. The van der Waals surface area contributed by atoms with Crippen LogP contribution in [-0.2, 0) is 4.79 Å². The quantitative estimate of drug-likeness (QED) is 0.935. The van der Waals surface area contributed by atoms with Gasteiger partial charge in [-0.25, -0.2) is 4.39 Å². The van der Waals surface area contributed by atoms with Gasteiger partial charge in [0.15, 0.2) is 0 Å². The van der Waals surface area contributed by atoms with Gasteiger partial charge in [0.05, 0.1) is 12.0 Å². The van der Waals surface area contributed by atoms with Crippen molar-refractivity contribution in [3.05, 3.63) is 71.5 Å². The highest BCUT2D eigenvalue weighted by molar-refractivity contribution is 5.70. The third-order valence-corrected chi connectivity index (χ3v) is 4.56. The predicted octanol–water partition coefficient (Wildman–Crippen LogP) is 3.71. The van der Waals surface area contributed by atoms with E-state index in [0.717, 1.165) is 5.56 Å². The highest BCUT2D eigenvalue weighted by atomic mass is 19.1. The first-order valence-electron chi connectivity index (χ1n) is 7.93. The van der Waals surface area contributed by atoms with Crippen LogP contribution < -0.4 is 0 Å². The highest BCUT2D eigenvalue weighted by Gasteiger charge is 2.31. The van der Waals surface area contributed by atoms with E-state index in [-0.39, 0.29) is 17.8 Å². The molecule has 120 valence electrons. The number of benzene rings is 2. The molecule has 2 aromatic rings. The van der Waals surface area contributed by atoms with E-state index in [1.54, 1.807) is 6.07 Å². The van der Waals surface area contributed by atoms with Gasteiger partial charge < -0.3 is 5.11 Å². The molecule has 0 saturated carbocycles. The molecule has 1 unspecified atom stereocenters. The Morgan fingerprint density at radius 3 is 2.26 bits per heavy atom. The number of carboxylic acids is 1. The average Bonchev–Trinajstić information content (AvgIpc) is 2.58. The van der Waals surface area contributed by atoms with Crippen molar-refractivity contribution in [3.8, 4) is 0 Å². The highest BCUT2D eigenvalue weighted by Crippen LogP contribution is 2.33. The molecule has 1 aliphatic rings. The standard InChI is InChI=1S/C19H20FNO2/c20-17-9-5-4-8-16(17)18(14-6-2-1-3-7-14)21-12-10-15(11-13-21)19(22)23/h1-9,15,18H,10-13H2,(H,22,23). The fourth-order valence-corrected chi connectivity index (χ4v) is 3.32. The lowest BCUT2D eigenvalue weighted by Crippen LogP contribution is -2.39.